The van der Waals surface area contributed by atoms with E-state index in [1.54, 1.807) is 0 Å². The molecule has 2 amide bonds. The summed E-state index contributed by atoms with van der Waals surface area (Å²) in [5, 5.41) is 14.0. The Morgan fingerprint density at radius 3 is 2.35 bits per heavy atom. The van der Waals surface area contributed by atoms with Gasteiger partial charge in [0, 0.05) is 20.1 Å². The lowest BCUT2D eigenvalue weighted by Crippen LogP contribution is -2.41. The van der Waals surface area contributed by atoms with Crippen molar-refractivity contribution in [2.24, 2.45) is 5.92 Å². The predicted molar refractivity (Wildman–Crippen MR) is 92.8 cm³/mol. The molecule has 1 aliphatic rings. The van der Waals surface area contributed by atoms with Gasteiger partial charge >= 0.3 is 12.0 Å². The van der Waals surface area contributed by atoms with Crippen molar-refractivity contribution in [2.45, 2.75) is 36.6 Å². The van der Waals surface area contributed by atoms with Crippen molar-refractivity contribution in [3.05, 3.63) is 24.0 Å². The summed E-state index contributed by atoms with van der Waals surface area (Å²) in [5.41, 5.74) is -0.246. The fourth-order valence-corrected chi connectivity index (χ4v) is 3.73. The molecule has 1 fully saturated rings. The van der Waals surface area contributed by atoms with Crippen LogP contribution in [-0.2, 0) is 14.8 Å². The lowest BCUT2D eigenvalue weighted by Gasteiger charge is -2.26. The van der Waals surface area contributed by atoms with Gasteiger partial charge in [-0.05, 0) is 43.9 Å². The Labute approximate surface area is 151 Å². The third kappa shape index (κ3) is 4.70. The molecule has 0 bridgehead atoms. The van der Waals surface area contributed by atoms with Gasteiger partial charge in [-0.25, -0.2) is 21.9 Å². The van der Waals surface area contributed by atoms with Gasteiger partial charge in [-0.3, -0.25) is 4.79 Å². The second kappa shape index (κ2) is 8.00. The number of hydrogen-bond acceptors (Lipinski definition) is 4. The average molecular weight is 387 g/mol. The zero-order valence-electron chi connectivity index (χ0n) is 14.5. The third-order valence-corrected chi connectivity index (χ3v) is 6.19. The van der Waals surface area contributed by atoms with Crippen molar-refractivity contribution in [3.8, 4) is 0 Å². The lowest BCUT2D eigenvalue weighted by molar-refractivity contribution is -0.142. The van der Waals surface area contributed by atoms with E-state index in [2.05, 4.69) is 10.6 Å². The first-order valence-corrected chi connectivity index (χ1v) is 9.57. The van der Waals surface area contributed by atoms with Crippen molar-refractivity contribution < 1.29 is 27.5 Å². The summed E-state index contributed by atoms with van der Waals surface area (Å²) in [5.74, 6) is -2.00. The molecular weight excluding hydrogens is 365 g/mol. The van der Waals surface area contributed by atoms with Crippen LogP contribution < -0.4 is 10.6 Å². The number of hydrogen-bond donors (Lipinski definition) is 3. The number of urea groups is 1. The molecule has 0 unspecified atom stereocenters. The number of halogens is 1. The van der Waals surface area contributed by atoms with Crippen LogP contribution in [0.15, 0.2) is 23.1 Å². The molecule has 1 saturated carbocycles. The first-order chi connectivity index (χ1) is 12.1. The van der Waals surface area contributed by atoms with Crippen LogP contribution in [0.4, 0.5) is 14.9 Å². The molecule has 1 aliphatic carbocycles. The Bertz CT molecular complexity index is 789. The van der Waals surface area contributed by atoms with Crippen LogP contribution in [0.1, 0.15) is 25.7 Å². The number of carbonyl (C=O) groups is 2. The van der Waals surface area contributed by atoms with E-state index in [0.29, 0.717) is 25.7 Å². The Kier molecular flexibility index (Phi) is 6.19. The molecule has 144 valence electrons. The van der Waals surface area contributed by atoms with Gasteiger partial charge in [-0.2, -0.15) is 0 Å². The molecule has 2 rings (SSSR count). The highest BCUT2D eigenvalue weighted by Gasteiger charge is 2.27. The second-order valence-electron chi connectivity index (χ2n) is 6.41. The standard InChI is InChI=1S/C16H22FN3O5S/c1-20(2)26(24,25)12-7-8-13(17)14(9-12)19-16(23)18-11-5-3-10(4-6-11)15(21)22/h7-11H,3-6H2,1-2H3,(H,21,22)(H2,18,19,23). The normalized spacial score (nSPS) is 20.6. The number of amides is 2. The topological polar surface area (TPSA) is 116 Å². The highest BCUT2D eigenvalue weighted by Crippen LogP contribution is 2.25. The van der Waals surface area contributed by atoms with E-state index in [-0.39, 0.29) is 16.6 Å². The molecule has 0 heterocycles. The summed E-state index contributed by atoms with van der Waals surface area (Å²) in [4.78, 5) is 22.9. The van der Waals surface area contributed by atoms with Gasteiger partial charge in [0.1, 0.15) is 5.82 Å². The van der Waals surface area contributed by atoms with Crippen molar-refractivity contribution >= 4 is 27.7 Å². The molecule has 1 aromatic rings. The first kappa shape index (κ1) is 20.1. The highest BCUT2D eigenvalue weighted by molar-refractivity contribution is 7.89. The van der Waals surface area contributed by atoms with Crippen LogP contribution >= 0.6 is 0 Å². The fourth-order valence-electron chi connectivity index (χ4n) is 2.80. The predicted octanol–water partition coefficient (Wildman–Crippen LogP) is 1.84. The van der Waals surface area contributed by atoms with Gasteiger partial charge in [0.25, 0.3) is 0 Å². The maximum absolute atomic E-state index is 13.9. The molecule has 10 heteroatoms. The SMILES string of the molecule is CN(C)S(=O)(=O)c1ccc(F)c(NC(=O)NC2CCC(C(=O)O)CC2)c1. The molecule has 26 heavy (non-hydrogen) atoms. The number of sulfonamides is 1. The smallest absolute Gasteiger partial charge is 0.319 e. The van der Waals surface area contributed by atoms with E-state index in [4.69, 9.17) is 5.11 Å². The van der Waals surface area contributed by atoms with Gasteiger partial charge in [-0.15, -0.1) is 0 Å². The van der Waals surface area contributed by atoms with E-state index in [1.807, 2.05) is 0 Å². The minimum absolute atomic E-state index is 0.138. The molecule has 8 nitrogen and oxygen atoms in total. The largest absolute Gasteiger partial charge is 0.481 e. The first-order valence-electron chi connectivity index (χ1n) is 8.13. The summed E-state index contributed by atoms with van der Waals surface area (Å²) in [6.07, 6.45) is 1.96. The number of carboxylic acids is 1. The zero-order chi connectivity index (χ0) is 19.5. The van der Waals surface area contributed by atoms with Crippen molar-refractivity contribution in [1.29, 1.82) is 0 Å². The Hall–Kier alpha value is -2.20. The van der Waals surface area contributed by atoms with Gasteiger partial charge in [0.15, 0.2) is 0 Å². The van der Waals surface area contributed by atoms with Crippen molar-refractivity contribution in [2.75, 3.05) is 19.4 Å². The molecule has 0 aromatic heterocycles. The number of carboxylic acid groups (broad SMARTS) is 1. The van der Waals surface area contributed by atoms with Crippen LogP contribution in [0.25, 0.3) is 0 Å². The highest BCUT2D eigenvalue weighted by atomic mass is 32.2. The number of nitrogens with zero attached hydrogens (tertiary/aromatic N) is 1. The molecule has 0 spiro atoms. The number of carbonyl (C=O) groups excluding carboxylic acids is 1. The van der Waals surface area contributed by atoms with Gasteiger partial charge in [0.2, 0.25) is 10.0 Å². The van der Waals surface area contributed by atoms with Gasteiger partial charge < -0.3 is 15.7 Å². The number of anilines is 1. The minimum atomic E-state index is -3.75. The Balaban J connectivity index is 2.02. The van der Waals surface area contributed by atoms with Crippen LogP contribution in [0.3, 0.4) is 0 Å². The van der Waals surface area contributed by atoms with E-state index in [9.17, 15) is 22.4 Å². The average Bonchev–Trinajstić information content (AvgIpc) is 2.57. The van der Waals surface area contributed by atoms with Gasteiger partial charge in [-0.1, -0.05) is 0 Å². The van der Waals surface area contributed by atoms with E-state index in [0.717, 1.165) is 22.5 Å². The molecule has 0 saturated heterocycles. The Morgan fingerprint density at radius 2 is 1.81 bits per heavy atom. The number of rotatable bonds is 5. The fraction of sp³-hybridized carbons (Fsp3) is 0.500. The molecule has 0 aliphatic heterocycles. The Morgan fingerprint density at radius 1 is 1.19 bits per heavy atom. The molecule has 0 atom stereocenters. The second-order valence-corrected chi connectivity index (χ2v) is 8.57. The molecular formula is C16H22FN3O5S. The monoisotopic (exact) mass is 387 g/mol. The molecule has 3 N–H and O–H groups in total. The molecule has 0 radical (unpaired) electrons. The number of nitrogens with one attached hydrogen (secondary N) is 2. The zero-order valence-corrected chi connectivity index (χ0v) is 15.3. The van der Waals surface area contributed by atoms with Crippen LogP contribution in [0.2, 0.25) is 0 Å². The lowest BCUT2D eigenvalue weighted by atomic mass is 9.86. The number of benzene rings is 1. The summed E-state index contributed by atoms with van der Waals surface area (Å²) in [6.45, 7) is 0. The molecule has 1 aromatic carbocycles. The number of aliphatic carboxylic acids is 1. The van der Waals surface area contributed by atoms with E-state index < -0.39 is 33.8 Å². The summed E-state index contributed by atoms with van der Waals surface area (Å²) in [7, 11) is -1.05. The van der Waals surface area contributed by atoms with E-state index >= 15 is 0 Å². The van der Waals surface area contributed by atoms with Crippen molar-refractivity contribution in [3.63, 3.8) is 0 Å². The maximum atomic E-state index is 13.9. The van der Waals surface area contributed by atoms with Gasteiger partial charge in [0.05, 0.1) is 16.5 Å². The third-order valence-electron chi connectivity index (χ3n) is 4.38. The summed E-state index contributed by atoms with van der Waals surface area (Å²) >= 11 is 0. The maximum Gasteiger partial charge on any atom is 0.319 e. The summed E-state index contributed by atoms with van der Waals surface area (Å²) < 4.78 is 39.1. The van der Waals surface area contributed by atoms with Crippen LogP contribution in [0, 0.1) is 11.7 Å². The summed E-state index contributed by atoms with van der Waals surface area (Å²) in [6, 6.07) is 2.29. The van der Waals surface area contributed by atoms with Crippen LogP contribution in [0.5, 0.6) is 0 Å². The van der Waals surface area contributed by atoms with Crippen LogP contribution in [-0.4, -0.2) is 50.0 Å². The van der Waals surface area contributed by atoms with Crippen molar-refractivity contribution in [1.82, 2.24) is 9.62 Å². The van der Waals surface area contributed by atoms with E-state index in [1.165, 1.54) is 14.1 Å². The quantitative estimate of drug-likeness (QED) is 0.713. The minimum Gasteiger partial charge on any atom is -0.481 e.